The molecule has 0 spiro atoms. The number of nitrogens with zero attached hydrogens (tertiary/aromatic N) is 1. The summed E-state index contributed by atoms with van der Waals surface area (Å²) < 4.78 is 38.9. The molecule has 0 amide bonds. The number of nitrogens with one attached hydrogen (secondary N) is 1. The van der Waals surface area contributed by atoms with Gasteiger partial charge in [-0.25, -0.2) is 13.1 Å². The van der Waals surface area contributed by atoms with Crippen molar-refractivity contribution in [1.29, 1.82) is 0 Å². The van der Waals surface area contributed by atoms with E-state index in [2.05, 4.69) is 9.62 Å². The lowest BCUT2D eigenvalue weighted by Gasteiger charge is -2.40. The Hall–Kier alpha value is -1.15. The highest BCUT2D eigenvalue weighted by Gasteiger charge is 2.30. The van der Waals surface area contributed by atoms with Crippen LogP contribution in [0.15, 0.2) is 17.0 Å². The fraction of sp³-hybridized carbons (Fsp3) is 0.647. The number of rotatable bonds is 6. The standard InChI is InChI=1S/C17H28N2O4S/c1-13-11-16(14(2)10-15(13)22-5)24(20,21)18-12-17(3,4)19-6-8-23-9-7-19/h10-11,18H,6-9,12H2,1-5H3. The molecule has 0 unspecified atom stereocenters. The van der Waals surface area contributed by atoms with E-state index in [0.717, 1.165) is 18.7 Å². The molecule has 1 heterocycles. The van der Waals surface area contributed by atoms with E-state index in [1.54, 1.807) is 26.2 Å². The molecule has 24 heavy (non-hydrogen) atoms. The van der Waals surface area contributed by atoms with Crippen molar-refractivity contribution in [2.75, 3.05) is 40.0 Å². The Kier molecular flexibility index (Phi) is 5.91. The predicted octanol–water partition coefficient (Wildman–Crippen LogP) is 1.70. The summed E-state index contributed by atoms with van der Waals surface area (Å²) in [6, 6.07) is 3.43. The Morgan fingerprint density at radius 2 is 1.83 bits per heavy atom. The molecule has 1 aliphatic rings. The maximum Gasteiger partial charge on any atom is 0.240 e. The van der Waals surface area contributed by atoms with Crippen molar-refractivity contribution in [2.24, 2.45) is 0 Å². The normalized spacial score (nSPS) is 17.0. The molecule has 1 aliphatic heterocycles. The molecule has 0 radical (unpaired) electrons. The van der Waals surface area contributed by atoms with Crippen molar-refractivity contribution >= 4 is 10.0 Å². The first-order valence-corrected chi connectivity index (χ1v) is 9.63. The zero-order valence-electron chi connectivity index (χ0n) is 15.2. The highest BCUT2D eigenvalue weighted by Crippen LogP contribution is 2.26. The van der Waals surface area contributed by atoms with Crippen LogP contribution in [0.5, 0.6) is 5.75 Å². The van der Waals surface area contributed by atoms with Crippen LogP contribution in [-0.4, -0.2) is 58.8 Å². The number of morpholine rings is 1. The number of benzene rings is 1. The van der Waals surface area contributed by atoms with E-state index in [1.807, 2.05) is 20.8 Å². The SMILES string of the molecule is COc1cc(C)c(S(=O)(=O)NCC(C)(C)N2CCOCC2)cc1C. The summed E-state index contributed by atoms with van der Waals surface area (Å²) in [6.07, 6.45) is 0. The summed E-state index contributed by atoms with van der Waals surface area (Å²) >= 11 is 0. The molecular formula is C17H28N2O4S. The van der Waals surface area contributed by atoms with Crippen molar-refractivity contribution in [3.05, 3.63) is 23.3 Å². The minimum atomic E-state index is -3.57. The average Bonchev–Trinajstić information content (AvgIpc) is 2.55. The minimum absolute atomic E-state index is 0.272. The lowest BCUT2D eigenvalue weighted by molar-refractivity contribution is -0.00803. The van der Waals surface area contributed by atoms with E-state index in [-0.39, 0.29) is 5.54 Å². The summed E-state index contributed by atoms with van der Waals surface area (Å²) in [4.78, 5) is 2.56. The van der Waals surface area contributed by atoms with Crippen LogP contribution in [0, 0.1) is 13.8 Å². The van der Waals surface area contributed by atoms with Gasteiger partial charge in [-0.15, -0.1) is 0 Å². The Morgan fingerprint density at radius 1 is 1.21 bits per heavy atom. The van der Waals surface area contributed by atoms with Crippen LogP contribution >= 0.6 is 0 Å². The Balaban J connectivity index is 2.15. The van der Waals surface area contributed by atoms with Gasteiger partial charge in [0.25, 0.3) is 0 Å². The Bertz CT molecular complexity index is 680. The van der Waals surface area contributed by atoms with Gasteiger partial charge in [0.1, 0.15) is 5.75 Å². The first-order valence-electron chi connectivity index (χ1n) is 8.15. The second-order valence-electron chi connectivity index (χ2n) is 6.82. The fourth-order valence-electron chi connectivity index (χ4n) is 2.90. The van der Waals surface area contributed by atoms with Gasteiger partial charge >= 0.3 is 0 Å². The summed E-state index contributed by atoms with van der Waals surface area (Å²) in [6.45, 7) is 11.1. The highest BCUT2D eigenvalue weighted by atomic mass is 32.2. The molecule has 0 saturated carbocycles. The molecule has 1 fully saturated rings. The van der Waals surface area contributed by atoms with Gasteiger partial charge in [-0.2, -0.15) is 0 Å². The van der Waals surface area contributed by atoms with Crippen molar-refractivity contribution in [3.63, 3.8) is 0 Å². The number of ether oxygens (including phenoxy) is 2. The summed E-state index contributed by atoms with van der Waals surface area (Å²) in [5, 5.41) is 0. The molecule has 1 N–H and O–H groups in total. The van der Waals surface area contributed by atoms with Crippen LogP contribution in [0.2, 0.25) is 0 Å². The lowest BCUT2D eigenvalue weighted by atomic mass is 10.0. The third-order valence-electron chi connectivity index (χ3n) is 4.54. The minimum Gasteiger partial charge on any atom is -0.496 e. The first kappa shape index (κ1) is 19.2. The van der Waals surface area contributed by atoms with E-state index in [1.165, 1.54) is 0 Å². The number of hydrogen-bond donors (Lipinski definition) is 1. The second-order valence-corrected chi connectivity index (χ2v) is 8.56. The van der Waals surface area contributed by atoms with Crippen LogP contribution in [0.1, 0.15) is 25.0 Å². The van der Waals surface area contributed by atoms with Gasteiger partial charge < -0.3 is 9.47 Å². The second kappa shape index (κ2) is 7.39. The summed E-state index contributed by atoms with van der Waals surface area (Å²) in [7, 11) is -1.99. The third-order valence-corrected chi connectivity index (χ3v) is 6.09. The maximum atomic E-state index is 12.7. The molecule has 0 aromatic heterocycles. The molecule has 2 rings (SSSR count). The molecule has 1 saturated heterocycles. The monoisotopic (exact) mass is 356 g/mol. The lowest BCUT2D eigenvalue weighted by Crippen LogP contribution is -2.55. The number of aryl methyl sites for hydroxylation is 2. The average molecular weight is 356 g/mol. The van der Waals surface area contributed by atoms with Crippen molar-refractivity contribution in [1.82, 2.24) is 9.62 Å². The van der Waals surface area contributed by atoms with E-state index in [0.29, 0.717) is 36.0 Å². The molecule has 7 heteroatoms. The number of hydrogen-bond acceptors (Lipinski definition) is 5. The quantitative estimate of drug-likeness (QED) is 0.840. The molecule has 0 atom stereocenters. The summed E-state index contributed by atoms with van der Waals surface area (Å²) in [5.74, 6) is 0.695. The molecule has 1 aromatic rings. The zero-order chi connectivity index (χ0) is 18.0. The Labute approximate surface area is 145 Å². The van der Waals surface area contributed by atoms with Gasteiger partial charge in [0, 0.05) is 25.2 Å². The van der Waals surface area contributed by atoms with E-state index >= 15 is 0 Å². The molecular weight excluding hydrogens is 328 g/mol. The van der Waals surface area contributed by atoms with Crippen LogP contribution in [0.25, 0.3) is 0 Å². The zero-order valence-corrected chi connectivity index (χ0v) is 16.0. The highest BCUT2D eigenvalue weighted by molar-refractivity contribution is 7.89. The van der Waals surface area contributed by atoms with Gasteiger partial charge in [-0.05, 0) is 51.0 Å². The maximum absolute atomic E-state index is 12.7. The molecule has 1 aromatic carbocycles. The molecule has 0 aliphatic carbocycles. The van der Waals surface area contributed by atoms with E-state index < -0.39 is 10.0 Å². The molecule has 0 bridgehead atoms. The van der Waals surface area contributed by atoms with Crippen LogP contribution in [0.3, 0.4) is 0 Å². The Morgan fingerprint density at radius 3 is 2.42 bits per heavy atom. The van der Waals surface area contributed by atoms with E-state index in [4.69, 9.17) is 9.47 Å². The van der Waals surface area contributed by atoms with E-state index in [9.17, 15) is 8.42 Å². The van der Waals surface area contributed by atoms with Gasteiger partial charge in [-0.3, -0.25) is 4.90 Å². The largest absolute Gasteiger partial charge is 0.496 e. The van der Waals surface area contributed by atoms with Crippen molar-refractivity contribution in [3.8, 4) is 5.75 Å². The van der Waals surface area contributed by atoms with Crippen molar-refractivity contribution < 1.29 is 17.9 Å². The first-order chi connectivity index (χ1) is 11.2. The number of methoxy groups -OCH3 is 1. The fourth-order valence-corrected chi connectivity index (χ4v) is 4.42. The predicted molar refractivity (Wildman–Crippen MR) is 94.1 cm³/mol. The topological polar surface area (TPSA) is 67.9 Å². The molecule has 136 valence electrons. The van der Waals surface area contributed by atoms with Gasteiger partial charge in [0.2, 0.25) is 10.0 Å². The van der Waals surface area contributed by atoms with Gasteiger partial charge in [0.05, 0.1) is 25.2 Å². The van der Waals surface area contributed by atoms with Crippen molar-refractivity contribution in [2.45, 2.75) is 38.1 Å². The number of sulfonamides is 1. The third kappa shape index (κ3) is 4.27. The van der Waals surface area contributed by atoms with Crippen LogP contribution < -0.4 is 9.46 Å². The van der Waals surface area contributed by atoms with Crippen LogP contribution in [-0.2, 0) is 14.8 Å². The van der Waals surface area contributed by atoms with Gasteiger partial charge in [0.15, 0.2) is 0 Å². The molecule has 6 nitrogen and oxygen atoms in total. The van der Waals surface area contributed by atoms with Crippen LogP contribution in [0.4, 0.5) is 0 Å². The smallest absolute Gasteiger partial charge is 0.240 e. The summed E-state index contributed by atoms with van der Waals surface area (Å²) in [5.41, 5.74) is 1.21. The van der Waals surface area contributed by atoms with Gasteiger partial charge in [-0.1, -0.05) is 0 Å².